The zero-order chi connectivity index (χ0) is 19.7. The van der Waals surface area contributed by atoms with Gasteiger partial charge in [0.05, 0.1) is 10.9 Å². The van der Waals surface area contributed by atoms with Crippen LogP contribution in [0.3, 0.4) is 0 Å². The molecule has 4 aromatic rings. The van der Waals surface area contributed by atoms with Gasteiger partial charge in [-0.15, -0.1) is 0 Å². The Balaban J connectivity index is 1.46. The summed E-state index contributed by atoms with van der Waals surface area (Å²) in [5, 5.41) is 4.33. The molecular weight excluding hydrogens is 356 g/mol. The molecule has 2 aromatic heterocycles. The van der Waals surface area contributed by atoms with Gasteiger partial charge in [-0.1, -0.05) is 30.3 Å². The van der Waals surface area contributed by atoms with Crippen molar-refractivity contribution in [1.29, 1.82) is 0 Å². The van der Waals surface area contributed by atoms with Gasteiger partial charge in [-0.3, -0.25) is 14.2 Å². The van der Waals surface area contributed by atoms with Crippen LogP contribution in [-0.4, -0.2) is 26.6 Å². The highest BCUT2D eigenvalue weighted by atomic mass is 16.2. The van der Waals surface area contributed by atoms with Crippen molar-refractivity contribution in [2.75, 3.05) is 6.54 Å². The minimum Gasteiger partial charge on any atom is -0.354 e. The van der Waals surface area contributed by atoms with E-state index in [2.05, 4.69) is 33.2 Å². The highest BCUT2D eigenvalue weighted by Gasteiger charge is 2.11. The molecule has 7 heteroatoms. The highest BCUT2D eigenvalue weighted by molar-refractivity contribution is 5.84. The van der Waals surface area contributed by atoms with Gasteiger partial charge in [0.1, 0.15) is 6.54 Å². The number of hydrogen-bond donors (Lipinski definition) is 2. The SMILES string of the molecule is Cn1cc(CCNC(=O)Cn2c(=O)[nH]c3ccccc3c2=O)c2ccccc21. The molecule has 0 unspecified atom stereocenters. The first kappa shape index (κ1) is 17.8. The molecule has 0 aliphatic carbocycles. The molecule has 28 heavy (non-hydrogen) atoms. The molecule has 4 rings (SSSR count). The molecule has 0 saturated carbocycles. The molecule has 0 aliphatic rings. The maximum atomic E-state index is 12.5. The Morgan fingerprint density at radius 2 is 1.75 bits per heavy atom. The predicted octanol–water partition coefficient (Wildman–Crippen LogP) is 1.54. The lowest BCUT2D eigenvalue weighted by Gasteiger charge is -2.07. The first-order valence-corrected chi connectivity index (χ1v) is 9.06. The normalized spacial score (nSPS) is 11.2. The number of fused-ring (bicyclic) bond motifs is 2. The van der Waals surface area contributed by atoms with E-state index in [0.717, 1.165) is 21.0 Å². The Hall–Kier alpha value is -3.61. The lowest BCUT2D eigenvalue weighted by atomic mass is 10.1. The average Bonchev–Trinajstić information content (AvgIpc) is 3.01. The fourth-order valence-electron chi connectivity index (χ4n) is 3.50. The molecule has 0 fully saturated rings. The van der Waals surface area contributed by atoms with Gasteiger partial charge >= 0.3 is 5.69 Å². The summed E-state index contributed by atoms with van der Waals surface area (Å²) < 4.78 is 2.98. The van der Waals surface area contributed by atoms with E-state index in [1.807, 2.05) is 19.2 Å². The molecule has 0 radical (unpaired) electrons. The molecule has 2 N–H and O–H groups in total. The molecule has 0 bridgehead atoms. The topological polar surface area (TPSA) is 88.9 Å². The van der Waals surface area contributed by atoms with Crippen LogP contribution in [0.25, 0.3) is 21.8 Å². The van der Waals surface area contributed by atoms with Gasteiger partial charge in [0.25, 0.3) is 5.56 Å². The van der Waals surface area contributed by atoms with Crippen LogP contribution < -0.4 is 16.6 Å². The van der Waals surface area contributed by atoms with E-state index in [1.54, 1.807) is 24.3 Å². The van der Waals surface area contributed by atoms with Crippen LogP contribution in [0.15, 0.2) is 64.3 Å². The Morgan fingerprint density at radius 3 is 2.57 bits per heavy atom. The van der Waals surface area contributed by atoms with Crippen LogP contribution in [0.2, 0.25) is 0 Å². The van der Waals surface area contributed by atoms with Gasteiger partial charge in [0.2, 0.25) is 5.91 Å². The summed E-state index contributed by atoms with van der Waals surface area (Å²) in [6.45, 7) is 0.113. The van der Waals surface area contributed by atoms with E-state index in [0.29, 0.717) is 23.9 Å². The van der Waals surface area contributed by atoms with Crippen LogP contribution in [0.1, 0.15) is 5.56 Å². The number of nitrogens with zero attached hydrogens (tertiary/aromatic N) is 2. The van der Waals surface area contributed by atoms with Crippen molar-refractivity contribution in [3.8, 4) is 0 Å². The van der Waals surface area contributed by atoms with Crippen molar-refractivity contribution < 1.29 is 4.79 Å². The number of nitrogens with one attached hydrogen (secondary N) is 2. The number of aromatic amines is 1. The molecule has 2 aromatic carbocycles. The third-order valence-electron chi connectivity index (χ3n) is 4.89. The number of para-hydroxylation sites is 2. The second-order valence-corrected chi connectivity index (χ2v) is 6.75. The lowest BCUT2D eigenvalue weighted by Crippen LogP contribution is -2.41. The van der Waals surface area contributed by atoms with Crippen molar-refractivity contribution in [1.82, 2.24) is 19.4 Å². The van der Waals surface area contributed by atoms with E-state index in [1.165, 1.54) is 0 Å². The molecule has 142 valence electrons. The zero-order valence-corrected chi connectivity index (χ0v) is 15.4. The quantitative estimate of drug-likeness (QED) is 0.554. The number of aromatic nitrogens is 3. The Bertz CT molecular complexity index is 1300. The van der Waals surface area contributed by atoms with Crippen LogP contribution >= 0.6 is 0 Å². The molecule has 0 spiro atoms. The van der Waals surface area contributed by atoms with Gasteiger partial charge in [-0.2, -0.15) is 0 Å². The second-order valence-electron chi connectivity index (χ2n) is 6.75. The third-order valence-corrected chi connectivity index (χ3v) is 4.89. The number of rotatable bonds is 5. The monoisotopic (exact) mass is 376 g/mol. The molecule has 2 heterocycles. The van der Waals surface area contributed by atoms with Gasteiger partial charge < -0.3 is 14.9 Å². The molecule has 7 nitrogen and oxygen atoms in total. The Kier molecular flexibility index (Phi) is 4.57. The number of H-pyrrole nitrogens is 1. The lowest BCUT2D eigenvalue weighted by molar-refractivity contribution is -0.121. The number of carbonyl (C=O) groups is 1. The zero-order valence-electron chi connectivity index (χ0n) is 15.4. The molecule has 0 saturated heterocycles. The molecule has 1 amide bonds. The minimum atomic E-state index is -0.590. The highest BCUT2D eigenvalue weighted by Crippen LogP contribution is 2.20. The summed E-state index contributed by atoms with van der Waals surface area (Å²) in [7, 11) is 1.99. The fourth-order valence-corrected chi connectivity index (χ4v) is 3.50. The van der Waals surface area contributed by atoms with Gasteiger partial charge in [0, 0.05) is 30.7 Å². The third kappa shape index (κ3) is 3.22. The smallest absolute Gasteiger partial charge is 0.329 e. The van der Waals surface area contributed by atoms with Gasteiger partial charge in [-0.25, -0.2) is 4.79 Å². The van der Waals surface area contributed by atoms with Crippen molar-refractivity contribution in [3.63, 3.8) is 0 Å². The number of amides is 1. The van der Waals surface area contributed by atoms with E-state index in [9.17, 15) is 14.4 Å². The Morgan fingerprint density at radius 1 is 1.04 bits per heavy atom. The second kappa shape index (κ2) is 7.19. The summed E-state index contributed by atoms with van der Waals surface area (Å²) in [5.74, 6) is -0.372. The largest absolute Gasteiger partial charge is 0.354 e. The van der Waals surface area contributed by atoms with E-state index >= 15 is 0 Å². The number of carbonyl (C=O) groups excluding carboxylic acids is 1. The van der Waals surface area contributed by atoms with Crippen molar-refractivity contribution in [2.24, 2.45) is 7.05 Å². The maximum absolute atomic E-state index is 12.5. The Labute approximate surface area is 160 Å². The van der Waals surface area contributed by atoms with Crippen LogP contribution in [0, 0.1) is 0 Å². The van der Waals surface area contributed by atoms with Crippen molar-refractivity contribution >= 4 is 27.7 Å². The van der Waals surface area contributed by atoms with E-state index in [-0.39, 0.29) is 12.5 Å². The summed E-state index contributed by atoms with van der Waals surface area (Å²) in [5.41, 5.74) is 1.68. The molecule has 0 aliphatic heterocycles. The molecule has 0 atom stereocenters. The summed E-state index contributed by atoms with van der Waals surface area (Å²) >= 11 is 0. The van der Waals surface area contributed by atoms with Gasteiger partial charge in [-0.05, 0) is 30.2 Å². The van der Waals surface area contributed by atoms with Crippen molar-refractivity contribution in [2.45, 2.75) is 13.0 Å². The standard InChI is InChI=1S/C21H20N4O3/c1-24-12-14(15-6-3-5-9-18(15)24)10-11-22-19(26)13-25-20(27)16-7-2-4-8-17(16)23-21(25)28/h2-9,12H,10-11,13H2,1H3,(H,22,26)(H,23,28). The van der Waals surface area contributed by atoms with Crippen LogP contribution in [0.5, 0.6) is 0 Å². The fraction of sp³-hybridized carbons (Fsp3) is 0.190. The first-order chi connectivity index (χ1) is 13.5. The first-order valence-electron chi connectivity index (χ1n) is 9.06. The van der Waals surface area contributed by atoms with E-state index in [4.69, 9.17) is 0 Å². The minimum absolute atomic E-state index is 0.311. The average molecular weight is 376 g/mol. The van der Waals surface area contributed by atoms with Crippen LogP contribution in [0.4, 0.5) is 0 Å². The maximum Gasteiger partial charge on any atom is 0.329 e. The van der Waals surface area contributed by atoms with E-state index < -0.39 is 11.2 Å². The van der Waals surface area contributed by atoms with Crippen molar-refractivity contribution in [3.05, 3.63) is 81.1 Å². The van der Waals surface area contributed by atoms with Crippen LogP contribution in [-0.2, 0) is 24.8 Å². The predicted molar refractivity (Wildman–Crippen MR) is 108 cm³/mol. The van der Waals surface area contributed by atoms with Gasteiger partial charge in [0.15, 0.2) is 0 Å². The summed E-state index contributed by atoms with van der Waals surface area (Å²) in [6, 6.07) is 14.8. The number of hydrogen-bond acceptors (Lipinski definition) is 3. The summed E-state index contributed by atoms with van der Waals surface area (Å²) in [6.07, 6.45) is 2.71. The summed E-state index contributed by atoms with van der Waals surface area (Å²) in [4.78, 5) is 39.6. The molecular formula is C21H20N4O3. The number of aryl methyl sites for hydroxylation is 1. The number of benzene rings is 2.